The van der Waals surface area contributed by atoms with Gasteiger partial charge in [-0.3, -0.25) is 4.79 Å². The summed E-state index contributed by atoms with van der Waals surface area (Å²) in [6.45, 7) is 0. The molecule has 2 aliphatic rings. The summed E-state index contributed by atoms with van der Waals surface area (Å²) in [6.07, 6.45) is 0.934. The molecule has 1 aliphatic heterocycles. The van der Waals surface area contributed by atoms with Crippen molar-refractivity contribution >= 4 is 17.4 Å². The van der Waals surface area contributed by atoms with Gasteiger partial charge in [-0.2, -0.15) is 0 Å². The summed E-state index contributed by atoms with van der Waals surface area (Å²) < 4.78 is 23.5. The Morgan fingerprint density at radius 3 is 2.43 bits per heavy atom. The lowest BCUT2D eigenvalue weighted by Gasteiger charge is -2.29. The first-order valence-corrected chi connectivity index (χ1v) is 9.64. The van der Waals surface area contributed by atoms with E-state index in [1.807, 2.05) is 24.3 Å². The summed E-state index contributed by atoms with van der Waals surface area (Å²) in [6, 6.07) is 13.4. The highest BCUT2D eigenvalue weighted by molar-refractivity contribution is 6.00. The molecule has 0 amide bonds. The fourth-order valence-corrected chi connectivity index (χ4v) is 4.12. The topological polar surface area (TPSA) is 89.3 Å². The SMILES string of the molecule is COc1ccc([C@@H]2Nc3nonc3NC3=C2C(=O)C[C@@H](c2ccc(F)cc2)C3)cc1. The maximum Gasteiger partial charge on any atom is 0.219 e. The van der Waals surface area contributed by atoms with Crippen molar-refractivity contribution in [2.24, 2.45) is 0 Å². The molecule has 30 heavy (non-hydrogen) atoms. The van der Waals surface area contributed by atoms with Gasteiger partial charge in [0.1, 0.15) is 11.6 Å². The van der Waals surface area contributed by atoms with Crippen molar-refractivity contribution in [2.75, 3.05) is 17.7 Å². The standard InChI is InChI=1S/C22H19FN4O3/c1-29-16-8-4-13(5-9-16)20-19-17(24-21-22(25-20)27-30-26-21)10-14(11-18(19)28)12-2-6-15(23)7-3-12/h2-9,14,20H,10-11H2,1H3,(H,24,26)(H,25,27)/t14-,20-/m0/s1. The van der Waals surface area contributed by atoms with Crippen LogP contribution in [0.15, 0.2) is 64.4 Å². The number of nitrogens with one attached hydrogen (secondary N) is 2. The molecular weight excluding hydrogens is 387 g/mol. The van der Waals surface area contributed by atoms with Gasteiger partial charge in [-0.05, 0) is 58.0 Å². The van der Waals surface area contributed by atoms with Crippen molar-refractivity contribution in [3.8, 4) is 5.75 Å². The Balaban J connectivity index is 1.57. The molecule has 7 nitrogen and oxygen atoms in total. The van der Waals surface area contributed by atoms with Gasteiger partial charge in [0.05, 0.1) is 13.2 Å². The van der Waals surface area contributed by atoms with E-state index >= 15 is 0 Å². The second kappa shape index (κ2) is 7.29. The van der Waals surface area contributed by atoms with E-state index in [0.29, 0.717) is 30.1 Å². The van der Waals surface area contributed by atoms with Crippen LogP contribution in [0.3, 0.4) is 0 Å². The summed E-state index contributed by atoms with van der Waals surface area (Å²) in [5, 5.41) is 14.4. The smallest absolute Gasteiger partial charge is 0.219 e. The molecule has 0 spiro atoms. The lowest BCUT2D eigenvalue weighted by Crippen LogP contribution is -2.27. The van der Waals surface area contributed by atoms with E-state index in [2.05, 4.69) is 20.9 Å². The molecule has 2 atom stereocenters. The molecule has 3 aromatic rings. The first-order valence-electron chi connectivity index (χ1n) is 9.64. The number of allylic oxidation sites excluding steroid dienone is 1. The number of carbonyl (C=O) groups excluding carboxylic acids is 1. The van der Waals surface area contributed by atoms with E-state index < -0.39 is 6.04 Å². The van der Waals surface area contributed by atoms with E-state index in [9.17, 15) is 9.18 Å². The third-order valence-electron chi connectivity index (χ3n) is 5.63. The predicted molar refractivity (Wildman–Crippen MR) is 108 cm³/mol. The molecule has 1 aliphatic carbocycles. The molecule has 8 heteroatoms. The maximum absolute atomic E-state index is 13.3. The van der Waals surface area contributed by atoms with Gasteiger partial charge >= 0.3 is 0 Å². The summed E-state index contributed by atoms with van der Waals surface area (Å²) in [5.74, 6) is 1.28. The molecule has 2 heterocycles. The third kappa shape index (κ3) is 3.20. The third-order valence-corrected chi connectivity index (χ3v) is 5.63. The van der Waals surface area contributed by atoms with Crippen LogP contribution in [-0.2, 0) is 4.79 Å². The summed E-state index contributed by atoms with van der Waals surface area (Å²) in [7, 11) is 1.61. The van der Waals surface area contributed by atoms with Crippen molar-refractivity contribution in [3.05, 3.63) is 76.7 Å². The largest absolute Gasteiger partial charge is 0.497 e. The van der Waals surface area contributed by atoms with Crippen LogP contribution in [0.1, 0.15) is 35.9 Å². The molecule has 0 saturated heterocycles. The molecule has 5 rings (SSSR count). The number of methoxy groups -OCH3 is 1. The van der Waals surface area contributed by atoms with Crippen LogP contribution < -0.4 is 15.4 Å². The van der Waals surface area contributed by atoms with E-state index in [1.54, 1.807) is 19.2 Å². The van der Waals surface area contributed by atoms with Crippen LogP contribution in [0.25, 0.3) is 0 Å². The van der Waals surface area contributed by atoms with Gasteiger partial charge in [-0.25, -0.2) is 9.02 Å². The Labute approximate surface area is 171 Å². The minimum atomic E-state index is -0.409. The number of fused-ring (bicyclic) bond motifs is 1. The number of ketones is 1. The van der Waals surface area contributed by atoms with Crippen molar-refractivity contribution in [1.29, 1.82) is 0 Å². The molecule has 2 aromatic carbocycles. The number of halogens is 1. The molecule has 1 aromatic heterocycles. The lowest BCUT2D eigenvalue weighted by atomic mass is 9.78. The molecule has 0 bridgehead atoms. The number of ether oxygens (including phenoxy) is 1. The number of benzene rings is 2. The zero-order valence-electron chi connectivity index (χ0n) is 16.2. The molecular formula is C22H19FN4O3. The van der Waals surface area contributed by atoms with E-state index in [0.717, 1.165) is 22.6 Å². The summed E-state index contributed by atoms with van der Waals surface area (Å²) in [4.78, 5) is 13.3. The molecule has 0 unspecified atom stereocenters. The van der Waals surface area contributed by atoms with Gasteiger partial charge < -0.3 is 15.4 Å². The minimum Gasteiger partial charge on any atom is -0.497 e. The summed E-state index contributed by atoms with van der Waals surface area (Å²) >= 11 is 0. The van der Waals surface area contributed by atoms with Crippen LogP contribution in [-0.4, -0.2) is 23.2 Å². The number of nitrogens with zero attached hydrogens (tertiary/aromatic N) is 2. The predicted octanol–water partition coefficient (Wildman–Crippen LogP) is 4.20. The Hall–Kier alpha value is -3.68. The first-order chi connectivity index (χ1) is 14.6. The van der Waals surface area contributed by atoms with Crippen LogP contribution >= 0.6 is 0 Å². The molecule has 2 N–H and O–H groups in total. The van der Waals surface area contributed by atoms with E-state index in [-0.39, 0.29) is 17.5 Å². The fourth-order valence-electron chi connectivity index (χ4n) is 4.12. The van der Waals surface area contributed by atoms with Gasteiger partial charge in [-0.1, -0.05) is 24.3 Å². The number of aromatic nitrogens is 2. The zero-order valence-corrected chi connectivity index (χ0v) is 16.2. The van der Waals surface area contributed by atoms with Crippen molar-refractivity contribution in [3.63, 3.8) is 0 Å². The molecule has 0 fully saturated rings. The van der Waals surface area contributed by atoms with Gasteiger partial charge in [0.15, 0.2) is 5.78 Å². The van der Waals surface area contributed by atoms with Crippen LogP contribution in [0.2, 0.25) is 0 Å². The number of Topliss-reactive ketones (excluding diaryl/α,β-unsaturated/α-hetero) is 1. The summed E-state index contributed by atoms with van der Waals surface area (Å²) in [5.41, 5.74) is 3.24. The normalized spacial score (nSPS) is 20.5. The highest BCUT2D eigenvalue weighted by Gasteiger charge is 2.37. The highest BCUT2D eigenvalue weighted by Crippen LogP contribution is 2.43. The van der Waals surface area contributed by atoms with Crippen LogP contribution in [0.4, 0.5) is 16.0 Å². The van der Waals surface area contributed by atoms with Gasteiger partial charge in [0.25, 0.3) is 0 Å². The first kappa shape index (κ1) is 18.4. The average Bonchev–Trinajstić information content (AvgIpc) is 3.13. The quantitative estimate of drug-likeness (QED) is 0.674. The number of carbonyl (C=O) groups is 1. The number of hydrogen-bond donors (Lipinski definition) is 2. The Morgan fingerprint density at radius 1 is 1.00 bits per heavy atom. The highest BCUT2D eigenvalue weighted by atomic mass is 19.1. The van der Waals surface area contributed by atoms with Crippen LogP contribution in [0.5, 0.6) is 5.75 Å². The zero-order chi connectivity index (χ0) is 20.7. The molecule has 0 radical (unpaired) electrons. The monoisotopic (exact) mass is 406 g/mol. The van der Waals surface area contributed by atoms with E-state index in [4.69, 9.17) is 9.37 Å². The Kier molecular flexibility index (Phi) is 4.46. The lowest BCUT2D eigenvalue weighted by molar-refractivity contribution is -0.116. The minimum absolute atomic E-state index is 0.0217. The van der Waals surface area contributed by atoms with Gasteiger partial charge in [-0.15, -0.1) is 0 Å². The fraction of sp³-hybridized carbons (Fsp3) is 0.227. The molecule has 0 saturated carbocycles. The van der Waals surface area contributed by atoms with Gasteiger partial charge in [0, 0.05) is 17.7 Å². The Morgan fingerprint density at radius 2 is 1.70 bits per heavy atom. The number of anilines is 2. The second-order valence-electron chi connectivity index (χ2n) is 7.41. The maximum atomic E-state index is 13.3. The Bertz CT molecular complexity index is 1120. The van der Waals surface area contributed by atoms with Crippen molar-refractivity contribution in [2.45, 2.75) is 24.8 Å². The van der Waals surface area contributed by atoms with Crippen LogP contribution in [0, 0.1) is 5.82 Å². The van der Waals surface area contributed by atoms with Crippen molar-refractivity contribution in [1.82, 2.24) is 10.3 Å². The number of rotatable bonds is 3. The average molecular weight is 406 g/mol. The number of hydrogen-bond acceptors (Lipinski definition) is 7. The van der Waals surface area contributed by atoms with E-state index in [1.165, 1.54) is 12.1 Å². The second-order valence-corrected chi connectivity index (χ2v) is 7.41. The van der Waals surface area contributed by atoms with Gasteiger partial charge in [0.2, 0.25) is 11.6 Å². The van der Waals surface area contributed by atoms with Crippen molar-refractivity contribution < 1.29 is 18.6 Å². The molecule has 152 valence electrons.